The fourth-order valence-electron chi connectivity index (χ4n) is 3.61. The minimum atomic E-state index is -3.75. The molecule has 0 fully saturated rings. The molecule has 0 saturated carbocycles. The van der Waals surface area contributed by atoms with E-state index >= 15 is 0 Å². The van der Waals surface area contributed by atoms with E-state index in [1.54, 1.807) is 12.1 Å². The molecule has 0 spiro atoms. The van der Waals surface area contributed by atoms with Crippen LogP contribution in [-0.4, -0.2) is 39.3 Å². The van der Waals surface area contributed by atoms with Crippen molar-refractivity contribution in [3.8, 4) is 5.75 Å². The van der Waals surface area contributed by atoms with Crippen LogP contribution in [-0.2, 0) is 27.7 Å². The predicted molar refractivity (Wildman–Crippen MR) is 112 cm³/mol. The number of rotatable bonds is 7. The molecule has 2 aromatic carbocycles. The molecule has 156 valence electrons. The van der Waals surface area contributed by atoms with Gasteiger partial charge in [0.15, 0.2) is 0 Å². The lowest BCUT2D eigenvalue weighted by molar-refractivity contribution is -0.121. The van der Waals surface area contributed by atoms with Gasteiger partial charge in [-0.3, -0.25) is 4.79 Å². The third-order valence-corrected chi connectivity index (χ3v) is 7.20. The number of carbonyl (C=O) groups is 1. The first-order valence-corrected chi connectivity index (χ1v) is 11.3. The minimum Gasteiger partial charge on any atom is -0.497 e. The molecule has 0 bridgehead atoms. The summed E-state index contributed by atoms with van der Waals surface area (Å²) in [7, 11) is -0.832. The molecule has 1 N–H and O–H groups in total. The summed E-state index contributed by atoms with van der Waals surface area (Å²) in [5.41, 5.74) is 3.79. The SMILES string of the molecule is COc1ccc(S(=O)(=O)N(C)CC(=O)N[C@@H](C)c2ccc3c(c2)CCCC3)cc1. The second kappa shape index (κ2) is 8.97. The molecule has 29 heavy (non-hydrogen) atoms. The number of nitrogens with one attached hydrogen (secondary N) is 1. The number of sulfonamides is 1. The van der Waals surface area contributed by atoms with Crippen molar-refractivity contribution in [3.05, 3.63) is 59.2 Å². The van der Waals surface area contributed by atoms with Gasteiger partial charge >= 0.3 is 0 Å². The van der Waals surface area contributed by atoms with Gasteiger partial charge in [0.2, 0.25) is 15.9 Å². The van der Waals surface area contributed by atoms with Gasteiger partial charge in [-0.1, -0.05) is 18.2 Å². The van der Waals surface area contributed by atoms with Crippen molar-refractivity contribution < 1.29 is 17.9 Å². The van der Waals surface area contributed by atoms with Crippen LogP contribution in [0.5, 0.6) is 5.75 Å². The summed E-state index contributed by atoms with van der Waals surface area (Å²) < 4.78 is 31.5. The third kappa shape index (κ3) is 4.97. The number of nitrogens with zero attached hydrogens (tertiary/aromatic N) is 1. The van der Waals surface area contributed by atoms with Crippen molar-refractivity contribution in [2.45, 2.75) is 43.5 Å². The maximum atomic E-state index is 12.7. The molecule has 1 amide bonds. The molecule has 1 atom stereocenters. The Morgan fingerprint density at radius 3 is 2.41 bits per heavy atom. The van der Waals surface area contributed by atoms with Crippen LogP contribution in [0.4, 0.5) is 0 Å². The Morgan fingerprint density at radius 2 is 1.76 bits per heavy atom. The number of carbonyl (C=O) groups excluding carboxylic acids is 1. The first kappa shape index (κ1) is 21.3. The molecule has 1 aliphatic carbocycles. The van der Waals surface area contributed by atoms with E-state index in [0.29, 0.717) is 5.75 Å². The second-order valence-electron chi connectivity index (χ2n) is 7.46. The Bertz CT molecular complexity index is 971. The quantitative estimate of drug-likeness (QED) is 0.753. The highest BCUT2D eigenvalue weighted by atomic mass is 32.2. The Labute approximate surface area is 172 Å². The highest BCUT2D eigenvalue weighted by Crippen LogP contribution is 2.25. The van der Waals surface area contributed by atoms with E-state index in [1.807, 2.05) is 13.0 Å². The van der Waals surface area contributed by atoms with Crippen LogP contribution < -0.4 is 10.1 Å². The number of ether oxygens (including phenoxy) is 1. The average Bonchev–Trinajstić information content (AvgIpc) is 2.73. The summed E-state index contributed by atoms with van der Waals surface area (Å²) in [4.78, 5) is 12.6. The second-order valence-corrected chi connectivity index (χ2v) is 9.51. The van der Waals surface area contributed by atoms with Crippen LogP contribution in [0, 0.1) is 0 Å². The standard InChI is InChI=1S/C22H28N2O4S/c1-16(18-9-8-17-6-4-5-7-19(17)14-18)23-22(25)15-24(2)29(26,27)21-12-10-20(28-3)11-13-21/h8-14,16H,4-7,15H2,1-3H3,(H,23,25)/t16-/m0/s1. The molecule has 3 rings (SSSR count). The molecule has 1 aliphatic rings. The molecule has 0 aromatic heterocycles. The van der Waals surface area contributed by atoms with Gasteiger partial charge in [0.25, 0.3) is 0 Å². The molecule has 6 nitrogen and oxygen atoms in total. The van der Waals surface area contributed by atoms with E-state index in [4.69, 9.17) is 4.74 Å². The van der Waals surface area contributed by atoms with Crippen molar-refractivity contribution in [1.82, 2.24) is 9.62 Å². The fraction of sp³-hybridized carbons (Fsp3) is 0.409. The zero-order valence-corrected chi connectivity index (χ0v) is 18.0. The van der Waals surface area contributed by atoms with Crippen molar-refractivity contribution in [2.75, 3.05) is 20.7 Å². The van der Waals surface area contributed by atoms with Gasteiger partial charge in [0, 0.05) is 7.05 Å². The van der Waals surface area contributed by atoms with Crippen molar-refractivity contribution in [2.24, 2.45) is 0 Å². The molecule has 2 aromatic rings. The van der Waals surface area contributed by atoms with E-state index in [1.165, 1.54) is 50.3 Å². The number of aryl methyl sites for hydroxylation is 2. The lowest BCUT2D eigenvalue weighted by Gasteiger charge is -2.21. The van der Waals surface area contributed by atoms with Gasteiger partial charge in [0.05, 0.1) is 24.6 Å². The number of hydrogen-bond acceptors (Lipinski definition) is 4. The molecule has 0 saturated heterocycles. The van der Waals surface area contributed by atoms with E-state index in [2.05, 4.69) is 17.4 Å². The molecular formula is C22H28N2O4S. The summed E-state index contributed by atoms with van der Waals surface area (Å²) in [6, 6.07) is 12.3. The summed E-state index contributed by atoms with van der Waals surface area (Å²) in [6.07, 6.45) is 4.62. The fourth-order valence-corrected chi connectivity index (χ4v) is 4.74. The van der Waals surface area contributed by atoms with Crippen LogP contribution in [0.15, 0.2) is 47.4 Å². The van der Waals surface area contributed by atoms with Crippen molar-refractivity contribution >= 4 is 15.9 Å². The topological polar surface area (TPSA) is 75.7 Å². The number of likely N-dealkylation sites (N-methyl/N-ethyl adjacent to an activating group) is 1. The zero-order valence-electron chi connectivity index (χ0n) is 17.1. The lowest BCUT2D eigenvalue weighted by atomic mass is 9.89. The van der Waals surface area contributed by atoms with E-state index in [9.17, 15) is 13.2 Å². The van der Waals surface area contributed by atoms with E-state index < -0.39 is 10.0 Å². The number of fused-ring (bicyclic) bond motifs is 1. The lowest BCUT2D eigenvalue weighted by Crippen LogP contribution is -2.39. The maximum Gasteiger partial charge on any atom is 0.243 e. The number of hydrogen-bond donors (Lipinski definition) is 1. The van der Waals surface area contributed by atoms with E-state index in [0.717, 1.165) is 22.7 Å². The van der Waals surface area contributed by atoms with E-state index in [-0.39, 0.29) is 23.4 Å². The van der Waals surface area contributed by atoms with Gasteiger partial charge in [0.1, 0.15) is 5.75 Å². The molecule has 0 radical (unpaired) electrons. The largest absolute Gasteiger partial charge is 0.497 e. The predicted octanol–water partition coefficient (Wildman–Crippen LogP) is 3.07. The first-order chi connectivity index (χ1) is 13.8. The molecular weight excluding hydrogens is 388 g/mol. The van der Waals surface area contributed by atoms with Crippen molar-refractivity contribution in [1.29, 1.82) is 0 Å². The summed E-state index contributed by atoms with van der Waals surface area (Å²) in [5.74, 6) is 0.234. The van der Waals surface area contributed by atoms with Crippen LogP contribution in [0.3, 0.4) is 0 Å². The summed E-state index contributed by atoms with van der Waals surface area (Å²) in [5, 5.41) is 2.91. The normalized spacial score (nSPS) is 14.9. The van der Waals surface area contributed by atoms with Gasteiger partial charge in [-0.05, 0) is 73.6 Å². The average molecular weight is 417 g/mol. The first-order valence-electron chi connectivity index (χ1n) is 9.82. The molecule has 7 heteroatoms. The third-order valence-electron chi connectivity index (χ3n) is 5.38. The van der Waals surface area contributed by atoms with Crippen LogP contribution in [0.2, 0.25) is 0 Å². The summed E-state index contributed by atoms with van der Waals surface area (Å²) in [6.45, 7) is 1.67. The number of benzene rings is 2. The Balaban J connectivity index is 1.63. The Morgan fingerprint density at radius 1 is 1.10 bits per heavy atom. The molecule has 0 heterocycles. The van der Waals surface area contributed by atoms with Gasteiger partial charge in [-0.2, -0.15) is 4.31 Å². The van der Waals surface area contributed by atoms with Crippen molar-refractivity contribution in [3.63, 3.8) is 0 Å². The summed E-state index contributed by atoms with van der Waals surface area (Å²) >= 11 is 0. The Kier molecular flexibility index (Phi) is 6.59. The van der Waals surface area contributed by atoms with Crippen LogP contribution in [0.25, 0.3) is 0 Å². The zero-order chi connectivity index (χ0) is 21.0. The van der Waals surface area contributed by atoms with Gasteiger partial charge < -0.3 is 10.1 Å². The monoisotopic (exact) mass is 416 g/mol. The number of methoxy groups -OCH3 is 1. The van der Waals surface area contributed by atoms with Crippen LogP contribution >= 0.6 is 0 Å². The highest BCUT2D eigenvalue weighted by Gasteiger charge is 2.24. The number of amides is 1. The minimum absolute atomic E-state index is 0.122. The molecule has 0 aliphatic heterocycles. The highest BCUT2D eigenvalue weighted by molar-refractivity contribution is 7.89. The maximum absolute atomic E-state index is 12.7. The smallest absolute Gasteiger partial charge is 0.243 e. The van der Waals surface area contributed by atoms with Gasteiger partial charge in [-0.15, -0.1) is 0 Å². The van der Waals surface area contributed by atoms with Crippen LogP contribution in [0.1, 0.15) is 42.5 Å². The van der Waals surface area contributed by atoms with Gasteiger partial charge in [-0.25, -0.2) is 8.42 Å². The Hall–Kier alpha value is -2.38. The molecule has 0 unspecified atom stereocenters.